The molecule has 3 heteroatoms. The van der Waals surface area contributed by atoms with Gasteiger partial charge in [0, 0.05) is 25.1 Å². The van der Waals surface area contributed by atoms with E-state index < -0.39 is 0 Å². The first-order valence-corrected chi connectivity index (χ1v) is 4.57. The molecule has 0 saturated carbocycles. The standard InChI is InChI=1S/C11H13N3/c1-9-4-3-5-10(8-9)13-11-12-6-7-14(11)2/h3-8H,1-2H3,(H,12,13). The molecule has 1 aromatic heterocycles. The molecule has 0 amide bonds. The van der Waals surface area contributed by atoms with Crippen LogP contribution >= 0.6 is 0 Å². The Bertz CT molecular complexity index is 432. The highest BCUT2D eigenvalue weighted by Crippen LogP contribution is 2.14. The van der Waals surface area contributed by atoms with Crippen molar-refractivity contribution in [1.29, 1.82) is 0 Å². The van der Waals surface area contributed by atoms with Crippen molar-refractivity contribution in [2.75, 3.05) is 5.32 Å². The fourth-order valence-corrected chi connectivity index (χ4v) is 1.34. The lowest BCUT2D eigenvalue weighted by atomic mass is 10.2. The van der Waals surface area contributed by atoms with Crippen LogP contribution in [0.3, 0.4) is 0 Å². The van der Waals surface area contributed by atoms with E-state index in [0.717, 1.165) is 11.6 Å². The van der Waals surface area contributed by atoms with Gasteiger partial charge in [0.15, 0.2) is 0 Å². The summed E-state index contributed by atoms with van der Waals surface area (Å²) in [5.74, 6) is 0.857. The van der Waals surface area contributed by atoms with Crippen LogP contribution in [0.2, 0.25) is 0 Å². The maximum atomic E-state index is 4.19. The Morgan fingerprint density at radius 2 is 2.21 bits per heavy atom. The number of nitrogens with one attached hydrogen (secondary N) is 1. The predicted molar refractivity (Wildman–Crippen MR) is 57.7 cm³/mol. The molecule has 0 spiro atoms. The zero-order chi connectivity index (χ0) is 9.97. The largest absolute Gasteiger partial charge is 0.326 e. The molecule has 0 saturated heterocycles. The third kappa shape index (κ3) is 1.76. The Morgan fingerprint density at radius 1 is 1.36 bits per heavy atom. The van der Waals surface area contributed by atoms with E-state index in [1.165, 1.54) is 5.56 Å². The molecule has 0 aliphatic carbocycles. The number of rotatable bonds is 2. The Hall–Kier alpha value is -1.77. The minimum absolute atomic E-state index is 0.857. The highest BCUT2D eigenvalue weighted by molar-refractivity contribution is 5.54. The van der Waals surface area contributed by atoms with Crippen LogP contribution in [0.4, 0.5) is 11.6 Å². The maximum Gasteiger partial charge on any atom is 0.207 e. The second kappa shape index (κ2) is 3.54. The zero-order valence-electron chi connectivity index (χ0n) is 8.36. The normalized spacial score (nSPS) is 10.1. The SMILES string of the molecule is Cc1cccc(Nc2nccn2C)c1. The van der Waals surface area contributed by atoms with Crippen molar-refractivity contribution in [3.8, 4) is 0 Å². The molecule has 3 nitrogen and oxygen atoms in total. The van der Waals surface area contributed by atoms with E-state index in [1.807, 2.05) is 29.9 Å². The fraction of sp³-hybridized carbons (Fsp3) is 0.182. The van der Waals surface area contributed by atoms with Gasteiger partial charge in [0.2, 0.25) is 5.95 Å². The first kappa shape index (κ1) is 8.81. The van der Waals surface area contributed by atoms with Gasteiger partial charge in [0.25, 0.3) is 0 Å². The molecule has 0 radical (unpaired) electrons. The Morgan fingerprint density at radius 3 is 2.86 bits per heavy atom. The summed E-state index contributed by atoms with van der Waals surface area (Å²) in [6, 6.07) is 8.22. The van der Waals surface area contributed by atoms with Crippen LogP contribution in [0.1, 0.15) is 5.56 Å². The van der Waals surface area contributed by atoms with Gasteiger partial charge in [-0.15, -0.1) is 0 Å². The fourth-order valence-electron chi connectivity index (χ4n) is 1.34. The molecule has 0 bridgehead atoms. The van der Waals surface area contributed by atoms with Crippen molar-refractivity contribution in [1.82, 2.24) is 9.55 Å². The quantitative estimate of drug-likeness (QED) is 0.782. The van der Waals surface area contributed by atoms with E-state index in [1.54, 1.807) is 6.20 Å². The molecule has 2 aromatic rings. The molecule has 0 fully saturated rings. The van der Waals surface area contributed by atoms with Crippen LogP contribution in [0.15, 0.2) is 36.7 Å². The third-order valence-corrected chi connectivity index (χ3v) is 2.10. The van der Waals surface area contributed by atoms with Gasteiger partial charge in [-0.3, -0.25) is 0 Å². The summed E-state index contributed by atoms with van der Waals surface area (Å²) < 4.78 is 1.95. The van der Waals surface area contributed by atoms with Crippen LogP contribution in [-0.4, -0.2) is 9.55 Å². The molecular weight excluding hydrogens is 174 g/mol. The number of imidazole rings is 1. The number of benzene rings is 1. The van der Waals surface area contributed by atoms with Crippen molar-refractivity contribution >= 4 is 11.6 Å². The smallest absolute Gasteiger partial charge is 0.207 e. The average molecular weight is 187 g/mol. The molecule has 72 valence electrons. The van der Waals surface area contributed by atoms with Crippen molar-refractivity contribution in [2.24, 2.45) is 7.05 Å². The zero-order valence-corrected chi connectivity index (χ0v) is 8.36. The molecule has 1 heterocycles. The monoisotopic (exact) mass is 187 g/mol. The van der Waals surface area contributed by atoms with Crippen LogP contribution in [0.5, 0.6) is 0 Å². The minimum Gasteiger partial charge on any atom is -0.326 e. The van der Waals surface area contributed by atoms with Crippen molar-refractivity contribution in [3.63, 3.8) is 0 Å². The average Bonchev–Trinajstić information content (AvgIpc) is 2.52. The van der Waals surface area contributed by atoms with E-state index in [2.05, 4.69) is 29.4 Å². The Kier molecular flexibility index (Phi) is 2.23. The molecule has 1 aromatic carbocycles. The highest BCUT2D eigenvalue weighted by atomic mass is 15.2. The van der Waals surface area contributed by atoms with E-state index >= 15 is 0 Å². The number of hydrogen-bond donors (Lipinski definition) is 1. The van der Waals surface area contributed by atoms with Gasteiger partial charge >= 0.3 is 0 Å². The summed E-state index contributed by atoms with van der Waals surface area (Å²) in [4.78, 5) is 4.19. The summed E-state index contributed by atoms with van der Waals surface area (Å²) in [6.45, 7) is 2.07. The van der Waals surface area contributed by atoms with Crippen LogP contribution in [0, 0.1) is 6.92 Å². The number of nitrogens with zero attached hydrogens (tertiary/aromatic N) is 2. The molecule has 0 aliphatic rings. The van der Waals surface area contributed by atoms with Crippen molar-refractivity contribution in [3.05, 3.63) is 42.2 Å². The molecule has 2 rings (SSSR count). The lowest BCUT2D eigenvalue weighted by molar-refractivity contribution is 0.924. The number of aromatic nitrogens is 2. The Balaban J connectivity index is 2.23. The predicted octanol–water partition coefficient (Wildman–Crippen LogP) is 2.47. The molecule has 0 atom stereocenters. The van der Waals surface area contributed by atoms with Gasteiger partial charge in [0.05, 0.1) is 0 Å². The topological polar surface area (TPSA) is 29.9 Å². The minimum atomic E-state index is 0.857. The van der Waals surface area contributed by atoms with Gasteiger partial charge in [0.1, 0.15) is 0 Å². The van der Waals surface area contributed by atoms with E-state index in [4.69, 9.17) is 0 Å². The van der Waals surface area contributed by atoms with E-state index in [-0.39, 0.29) is 0 Å². The summed E-state index contributed by atoms with van der Waals surface area (Å²) in [5.41, 5.74) is 2.31. The molecular formula is C11H13N3. The van der Waals surface area contributed by atoms with Gasteiger partial charge in [-0.05, 0) is 24.6 Å². The van der Waals surface area contributed by atoms with Gasteiger partial charge in [-0.2, -0.15) is 0 Å². The van der Waals surface area contributed by atoms with Crippen molar-refractivity contribution in [2.45, 2.75) is 6.92 Å². The molecule has 1 N–H and O–H groups in total. The lowest BCUT2D eigenvalue weighted by Crippen LogP contribution is -1.98. The molecule has 0 unspecified atom stereocenters. The molecule has 14 heavy (non-hydrogen) atoms. The van der Waals surface area contributed by atoms with Gasteiger partial charge in [-0.25, -0.2) is 4.98 Å². The van der Waals surface area contributed by atoms with Gasteiger partial charge < -0.3 is 9.88 Å². The number of hydrogen-bond acceptors (Lipinski definition) is 2. The molecule has 0 aliphatic heterocycles. The summed E-state index contributed by atoms with van der Waals surface area (Å²) in [6.07, 6.45) is 3.69. The maximum absolute atomic E-state index is 4.19. The first-order valence-electron chi connectivity index (χ1n) is 4.57. The number of anilines is 2. The third-order valence-electron chi connectivity index (χ3n) is 2.10. The summed E-state index contributed by atoms with van der Waals surface area (Å²) in [5, 5.41) is 3.24. The summed E-state index contributed by atoms with van der Waals surface area (Å²) in [7, 11) is 1.96. The summed E-state index contributed by atoms with van der Waals surface area (Å²) >= 11 is 0. The van der Waals surface area contributed by atoms with Gasteiger partial charge in [-0.1, -0.05) is 12.1 Å². The number of aryl methyl sites for hydroxylation is 2. The second-order valence-corrected chi connectivity index (χ2v) is 3.36. The second-order valence-electron chi connectivity index (χ2n) is 3.36. The van der Waals surface area contributed by atoms with Crippen LogP contribution in [-0.2, 0) is 7.05 Å². The van der Waals surface area contributed by atoms with E-state index in [0.29, 0.717) is 0 Å². The van der Waals surface area contributed by atoms with Crippen LogP contribution < -0.4 is 5.32 Å². The van der Waals surface area contributed by atoms with E-state index in [9.17, 15) is 0 Å². The van der Waals surface area contributed by atoms with Crippen molar-refractivity contribution < 1.29 is 0 Å². The Labute approximate surface area is 83.4 Å². The lowest BCUT2D eigenvalue weighted by Gasteiger charge is -2.06. The van der Waals surface area contributed by atoms with Crippen LogP contribution in [0.25, 0.3) is 0 Å². The first-order chi connectivity index (χ1) is 6.75. The highest BCUT2D eigenvalue weighted by Gasteiger charge is 1.98.